The summed E-state index contributed by atoms with van der Waals surface area (Å²) in [5.41, 5.74) is 0. The topological polar surface area (TPSA) is 72.8 Å². The van der Waals surface area contributed by atoms with Gasteiger partial charge in [-0.3, -0.25) is 0 Å². The predicted octanol–water partition coefficient (Wildman–Crippen LogP) is 0.297. The predicted molar refractivity (Wildman–Crippen MR) is 27.2 cm³/mol. The Labute approximate surface area is 51.8 Å². The van der Waals surface area contributed by atoms with Crippen molar-refractivity contribution in [3.8, 4) is 0 Å². The molecule has 1 atom stereocenters. The van der Waals surface area contributed by atoms with E-state index in [0.29, 0.717) is 0 Å². The van der Waals surface area contributed by atoms with Gasteiger partial charge in [-0.05, 0) is 0 Å². The Balaban J connectivity index is 3.39. The van der Waals surface area contributed by atoms with Crippen LogP contribution >= 0.6 is 8.25 Å². The van der Waals surface area contributed by atoms with Crippen LogP contribution in [0, 0.1) is 0 Å². The Morgan fingerprint density at radius 3 is 2.67 bits per heavy atom. The van der Waals surface area contributed by atoms with Crippen molar-refractivity contribution in [2.24, 2.45) is 0 Å². The summed E-state index contributed by atoms with van der Waals surface area (Å²) in [6, 6.07) is 0. The summed E-state index contributed by atoms with van der Waals surface area (Å²) in [6.07, 6.45) is 0.804. The number of rotatable bonds is 3. The molecular formula is C3H4O5P+. The van der Waals surface area contributed by atoms with Crippen molar-refractivity contribution in [1.82, 2.24) is 0 Å². The molecule has 0 amide bonds. The van der Waals surface area contributed by atoms with Gasteiger partial charge in [-0.25, -0.2) is 9.68 Å². The lowest BCUT2D eigenvalue weighted by atomic mass is 10.7. The highest BCUT2D eigenvalue weighted by Gasteiger charge is 2.15. The first kappa shape index (κ1) is 8.23. The van der Waals surface area contributed by atoms with E-state index in [1.165, 1.54) is 0 Å². The average molecular weight is 151 g/mol. The fourth-order valence-corrected chi connectivity index (χ4v) is 0.240. The average Bonchev–Trinajstić information content (AvgIpc) is 1.83. The lowest BCUT2D eigenvalue weighted by Crippen LogP contribution is -1.95. The highest BCUT2D eigenvalue weighted by atomic mass is 31.1. The summed E-state index contributed by atoms with van der Waals surface area (Å²) in [5.74, 6) is -0.910. The van der Waals surface area contributed by atoms with Crippen molar-refractivity contribution in [3.05, 3.63) is 12.7 Å². The highest BCUT2D eigenvalue weighted by Crippen LogP contribution is 2.14. The summed E-state index contributed by atoms with van der Waals surface area (Å²) in [5, 5.41) is 0. The second kappa shape index (κ2) is 4.14. The van der Waals surface area contributed by atoms with Gasteiger partial charge in [0.25, 0.3) is 0 Å². The van der Waals surface area contributed by atoms with Gasteiger partial charge in [0, 0.05) is 10.6 Å². The summed E-state index contributed by atoms with van der Waals surface area (Å²) >= 11 is 0. The quantitative estimate of drug-likeness (QED) is 0.271. The van der Waals surface area contributed by atoms with Crippen molar-refractivity contribution < 1.29 is 23.8 Å². The Hall–Kier alpha value is -0.770. The Morgan fingerprint density at radius 2 is 2.33 bits per heavy atom. The molecule has 0 saturated heterocycles. The van der Waals surface area contributed by atoms with Gasteiger partial charge < -0.3 is 0 Å². The van der Waals surface area contributed by atoms with Gasteiger partial charge in [0.05, 0.1) is 0 Å². The van der Waals surface area contributed by atoms with E-state index in [0.717, 1.165) is 6.08 Å². The van der Waals surface area contributed by atoms with E-state index >= 15 is 0 Å². The summed E-state index contributed by atoms with van der Waals surface area (Å²) < 4.78 is 13.2. The second-order valence-electron chi connectivity index (χ2n) is 0.919. The second-order valence-corrected chi connectivity index (χ2v) is 1.54. The van der Waals surface area contributed by atoms with Crippen LogP contribution in [-0.2, 0) is 18.9 Å². The number of hydrogen-bond acceptors (Lipinski definition) is 4. The molecule has 0 fully saturated rings. The first-order valence-electron chi connectivity index (χ1n) is 1.84. The van der Waals surface area contributed by atoms with Gasteiger partial charge in [-0.1, -0.05) is 6.58 Å². The highest BCUT2D eigenvalue weighted by molar-refractivity contribution is 7.31. The summed E-state index contributed by atoms with van der Waals surface area (Å²) in [7, 11) is -2.88. The fourth-order valence-electron chi connectivity index (χ4n) is 0.103. The van der Waals surface area contributed by atoms with Crippen LogP contribution in [-0.4, -0.2) is 10.9 Å². The monoisotopic (exact) mass is 151 g/mol. The van der Waals surface area contributed by atoms with E-state index in [1.54, 1.807) is 0 Å². The normalized spacial score (nSPS) is 10.1. The van der Waals surface area contributed by atoms with Gasteiger partial charge in [-0.2, -0.15) is 0 Å². The zero-order valence-corrected chi connectivity index (χ0v) is 5.21. The van der Waals surface area contributed by atoms with E-state index in [-0.39, 0.29) is 0 Å². The van der Waals surface area contributed by atoms with Crippen LogP contribution in [0.3, 0.4) is 0 Å². The minimum atomic E-state index is -2.88. The van der Waals surface area contributed by atoms with Crippen molar-refractivity contribution in [3.63, 3.8) is 0 Å². The Kier molecular flexibility index (Phi) is 3.79. The van der Waals surface area contributed by atoms with Crippen molar-refractivity contribution in [1.29, 1.82) is 0 Å². The molecule has 1 unspecified atom stereocenters. The van der Waals surface area contributed by atoms with E-state index in [1.807, 2.05) is 0 Å². The lowest BCUT2D eigenvalue weighted by Gasteiger charge is -1.81. The molecule has 0 aromatic heterocycles. The molecule has 6 heteroatoms. The Morgan fingerprint density at radius 1 is 1.78 bits per heavy atom. The van der Waals surface area contributed by atoms with Crippen LogP contribution < -0.4 is 0 Å². The van der Waals surface area contributed by atoms with Gasteiger partial charge in [-0.15, -0.1) is 4.89 Å². The third-order valence-electron chi connectivity index (χ3n) is 0.350. The van der Waals surface area contributed by atoms with E-state index in [9.17, 15) is 9.36 Å². The molecule has 0 aliphatic rings. The third kappa shape index (κ3) is 5.10. The molecule has 0 radical (unpaired) electrons. The van der Waals surface area contributed by atoms with E-state index in [4.69, 9.17) is 4.89 Å². The molecule has 0 rings (SSSR count). The standard InChI is InChI=1S/C3H3O5P/c1-2-3(4)7-8-9(5)6/h2H,1H2/p+1. The van der Waals surface area contributed by atoms with Gasteiger partial charge in [0.1, 0.15) is 4.67 Å². The van der Waals surface area contributed by atoms with Crippen molar-refractivity contribution in [2.75, 3.05) is 0 Å². The first-order chi connectivity index (χ1) is 4.16. The molecular weight excluding hydrogens is 147 g/mol. The maximum absolute atomic E-state index is 10.0. The molecule has 0 aliphatic carbocycles. The zero-order chi connectivity index (χ0) is 7.28. The molecule has 0 aromatic rings. The molecule has 9 heavy (non-hydrogen) atoms. The lowest BCUT2D eigenvalue weighted by molar-refractivity contribution is -0.207. The number of carbonyl (C=O) groups excluding carboxylic acids is 1. The maximum atomic E-state index is 10.0. The van der Waals surface area contributed by atoms with Crippen molar-refractivity contribution >= 4 is 14.2 Å². The van der Waals surface area contributed by atoms with Crippen LogP contribution in [0.5, 0.6) is 0 Å². The molecule has 5 nitrogen and oxygen atoms in total. The van der Waals surface area contributed by atoms with Crippen LogP contribution in [0.25, 0.3) is 0 Å². The van der Waals surface area contributed by atoms with Crippen LogP contribution in [0.1, 0.15) is 0 Å². The van der Waals surface area contributed by atoms with Crippen molar-refractivity contribution in [2.45, 2.75) is 0 Å². The minimum Gasteiger partial charge on any atom is -0.247 e. The third-order valence-corrected chi connectivity index (χ3v) is 0.552. The molecule has 1 N–H and O–H groups in total. The number of carbonyl (C=O) groups is 1. The first-order valence-corrected chi connectivity index (χ1v) is 2.97. The van der Waals surface area contributed by atoms with Gasteiger partial charge in [0.2, 0.25) is 0 Å². The van der Waals surface area contributed by atoms with Gasteiger partial charge in [0.15, 0.2) is 0 Å². The fraction of sp³-hybridized carbons (Fsp3) is 0. The minimum absolute atomic E-state index is 0.804. The molecule has 0 spiro atoms. The van der Waals surface area contributed by atoms with E-state index in [2.05, 4.69) is 16.1 Å². The van der Waals surface area contributed by atoms with Gasteiger partial charge >= 0.3 is 14.2 Å². The molecule has 0 aromatic carbocycles. The summed E-state index contributed by atoms with van der Waals surface area (Å²) in [4.78, 5) is 21.5. The maximum Gasteiger partial charge on any atom is 0.736 e. The number of hydrogen-bond donors (Lipinski definition) is 1. The molecule has 0 aliphatic heterocycles. The Bertz CT molecular complexity index is 141. The smallest absolute Gasteiger partial charge is 0.247 e. The largest absolute Gasteiger partial charge is 0.736 e. The zero-order valence-electron chi connectivity index (χ0n) is 4.31. The van der Waals surface area contributed by atoms with Crippen LogP contribution in [0.15, 0.2) is 12.7 Å². The summed E-state index contributed by atoms with van der Waals surface area (Å²) in [6.45, 7) is 3.01. The van der Waals surface area contributed by atoms with E-state index < -0.39 is 14.2 Å². The molecule has 0 bridgehead atoms. The molecule has 0 saturated carbocycles. The van der Waals surface area contributed by atoms with Crippen LogP contribution in [0.2, 0.25) is 0 Å². The molecule has 50 valence electrons. The SMILES string of the molecule is C=CC(=O)OO[P+](=O)O. The molecule has 0 heterocycles. The van der Waals surface area contributed by atoms with Crippen LogP contribution in [0.4, 0.5) is 0 Å².